The summed E-state index contributed by atoms with van der Waals surface area (Å²) < 4.78 is 43.4. The van der Waals surface area contributed by atoms with Crippen molar-refractivity contribution in [2.45, 2.75) is 30.2 Å². The zero-order valence-corrected chi connectivity index (χ0v) is 18.4. The Morgan fingerprint density at radius 3 is 2.60 bits per heavy atom. The van der Waals surface area contributed by atoms with Crippen LogP contribution in [0.15, 0.2) is 23.1 Å². The highest BCUT2D eigenvalue weighted by molar-refractivity contribution is 7.89. The van der Waals surface area contributed by atoms with Gasteiger partial charge in [0.05, 0.1) is 32.3 Å². The number of rotatable bonds is 9. The first kappa shape index (κ1) is 22.8. The van der Waals surface area contributed by atoms with Crippen molar-refractivity contribution in [1.29, 1.82) is 0 Å². The summed E-state index contributed by atoms with van der Waals surface area (Å²) in [6, 6.07) is 3.78. The van der Waals surface area contributed by atoms with Crippen LogP contribution in [0.4, 0.5) is 0 Å². The van der Waals surface area contributed by atoms with Gasteiger partial charge in [0.25, 0.3) is 0 Å². The Labute approximate surface area is 178 Å². The minimum Gasteiger partial charge on any atom is -0.493 e. The van der Waals surface area contributed by atoms with Crippen LogP contribution in [0, 0.1) is 0 Å². The second-order valence-electron chi connectivity index (χ2n) is 7.39. The normalized spacial score (nSPS) is 20.8. The average molecular weight is 442 g/mol. The number of benzene rings is 1. The second-order valence-corrected chi connectivity index (χ2v) is 9.28. The lowest BCUT2D eigenvalue weighted by molar-refractivity contribution is -0.124. The Hall–Kier alpha value is -1.88. The van der Waals surface area contributed by atoms with Gasteiger partial charge >= 0.3 is 0 Å². The number of nitrogens with zero attached hydrogens (tertiary/aromatic N) is 2. The molecule has 1 atom stereocenters. The van der Waals surface area contributed by atoms with Crippen LogP contribution in [0.1, 0.15) is 19.3 Å². The monoisotopic (exact) mass is 441 g/mol. The molecule has 9 nitrogen and oxygen atoms in total. The third-order valence-corrected chi connectivity index (χ3v) is 7.43. The topological polar surface area (TPSA) is 97.4 Å². The Balaban J connectivity index is 1.60. The molecule has 0 aliphatic carbocycles. The highest BCUT2D eigenvalue weighted by atomic mass is 32.2. The smallest absolute Gasteiger partial charge is 0.243 e. The molecule has 0 aromatic heterocycles. The van der Waals surface area contributed by atoms with Gasteiger partial charge in [-0.3, -0.25) is 9.69 Å². The van der Waals surface area contributed by atoms with Gasteiger partial charge < -0.3 is 19.5 Å². The molecular weight excluding hydrogens is 410 g/mol. The lowest BCUT2D eigenvalue weighted by atomic mass is 10.2. The zero-order valence-electron chi connectivity index (χ0n) is 17.6. The van der Waals surface area contributed by atoms with Gasteiger partial charge in [-0.05, 0) is 37.9 Å². The predicted octanol–water partition coefficient (Wildman–Crippen LogP) is 0.695. The molecule has 168 valence electrons. The number of hydrogen-bond acceptors (Lipinski definition) is 7. The van der Waals surface area contributed by atoms with Gasteiger partial charge in [0.2, 0.25) is 15.9 Å². The molecule has 2 fully saturated rings. The molecule has 0 radical (unpaired) electrons. The van der Waals surface area contributed by atoms with E-state index >= 15 is 0 Å². The molecule has 1 aromatic rings. The third-order valence-electron chi connectivity index (χ3n) is 5.52. The molecule has 0 bridgehead atoms. The molecule has 0 saturated carbocycles. The van der Waals surface area contributed by atoms with Crippen molar-refractivity contribution < 1.29 is 27.4 Å². The van der Waals surface area contributed by atoms with Crippen LogP contribution in [0.3, 0.4) is 0 Å². The fraction of sp³-hybridized carbons (Fsp3) is 0.650. The minimum atomic E-state index is -3.82. The van der Waals surface area contributed by atoms with Crippen LogP contribution in [0.5, 0.6) is 11.5 Å². The molecule has 10 heteroatoms. The van der Waals surface area contributed by atoms with Gasteiger partial charge in [0.15, 0.2) is 11.5 Å². The molecule has 1 aromatic carbocycles. The van der Waals surface area contributed by atoms with E-state index < -0.39 is 16.1 Å². The molecule has 2 saturated heterocycles. The number of morpholine rings is 1. The number of methoxy groups -OCH3 is 2. The van der Waals surface area contributed by atoms with Crippen LogP contribution >= 0.6 is 0 Å². The number of sulfonamides is 1. The van der Waals surface area contributed by atoms with E-state index in [0.29, 0.717) is 37.4 Å². The Morgan fingerprint density at radius 2 is 1.90 bits per heavy atom. The Morgan fingerprint density at radius 1 is 1.17 bits per heavy atom. The summed E-state index contributed by atoms with van der Waals surface area (Å²) in [5.74, 6) is 0.549. The first-order valence-corrected chi connectivity index (χ1v) is 11.7. The summed E-state index contributed by atoms with van der Waals surface area (Å²) in [4.78, 5) is 15.1. The molecule has 1 N–H and O–H groups in total. The van der Waals surface area contributed by atoms with Gasteiger partial charge in [-0.1, -0.05) is 0 Å². The molecular formula is C20H31N3O6S. The van der Waals surface area contributed by atoms with Crippen molar-refractivity contribution in [3.8, 4) is 11.5 Å². The predicted molar refractivity (Wildman–Crippen MR) is 111 cm³/mol. The summed E-state index contributed by atoms with van der Waals surface area (Å²) >= 11 is 0. The maximum Gasteiger partial charge on any atom is 0.243 e. The van der Waals surface area contributed by atoms with Crippen molar-refractivity contribution in [1.82, 2.24) is 14.5 Å². The van der Waals surface area contributed by atoms with Crippen molar-refractivity contribution >= 4 is 15.9 Å². The van der Waals surface area contributed by atoms with Crippen molar-refractivity contribution in [3.05, 3.63) is 18.2 Å². The molecule has 2 aliphatic heterocycles. The SMILES string of the molecule is COc1ccc(S(=O)(=O)N2CCCC2C(=O)NCCCN2CCOCC2)cc1OC. The second kappa shape index (κ2) is 10.4. The lowest BCUT2D eigenvalue weighted by Gasteiger charge is -2.27. The maximum atomic E-state index is 13.2. The number of carbonyl (C=O) groups is 1. The molecule has 2 heterocycles. The largest absolute Gasteiger partial charge is 0.493 e. The van der Waals surface area contributed by atoms with Crippen molar-refractivity contribution in [2.75, 3.05) is 60.2 Å². The van der Waals surface area contributed by atoms with Gasteiger partial charge in [-0.2, -0.15) is 4.31 Å². The van der Waals surface area contributed by atoms with Gasteiger partial charge in [-0.25, -0.2) is 8.42 Å². The highest BCUT2D eigenvalue weighted by Crippen LogP contribution is 2.33. The standard InChI is InChI=1S/C20H31N3O6S/c1-27-18-7-6-16(15-19(18)28-2)30(25,26)23-10-3-5-17(23)20(24)21-8-4-9-22-11-13-29-14-12-22/h6-7,15,17H,3-5,8-14H2,1-2H3,(H,21,24). The number of hydrogen-bond donors (Lipinski definition) is 1. The van der Waals surface area contributed by atoms with E-state index in [2.05, 4.69) is 10.2 Å². The van der Waals surface area contributed by atoms with Crippen LogP contribution in [-0.2, 0) is 19.6 Å². The molecule has 0 spiro atoms. The molecule has 30 heavy (non-hydrogen) atoms. The average Bonchev–Trinajstić information content (AvgIpc) is 3.28. The molecule has 3 rings (SSSR count). The Kier molecular flexibility index (Phi) is 7.93. The maximum absolute atomic E-state index is 13.2. The molecule has 1 unspecified atom stereocenters. The summed E-state index contributed by atoms with van der Waals surface area (Å²) in [5.41, 5.74) is 0. The van der Waals surface area contributed by atoms with E-state index in [1.165, 1.54) is 30.7 Å². The first-order chi connectivity index (χ1) is 14.5. The first-order valence-electron chi connectivity index (χ1n) is 10.3. The third kappa shape index (κ3) is 5.23. The number of nitrogens with one attached hydrogen (secondary N) is 1. The minimum absolute atomic E-state index is 0.0900. The van der Waals surface area contributed by atoms with E-state index in [0.717, 1.165) is 39.3 Å². The fourth-order valence-electron chi connectivity index (χ4n) is 3.86. The van der Waals surface area contributed by atoms with Crippen LogP contribution in [-0.4, -0.2) is 89.7 Å². The van der Waals surface area contributed by atoms with Gasteiger partial charge in [0, 0.05) is 32.2 Å². The summed E-state index contributed by atoms with van der Waals surface area (Å²) in [6.07, 6.45) is 1.99. The van der Waals surface area contributed by atoms with Crippen LogP contribution in [0.25, 0.3) is 0 Å². The number of ether oxygens (including phenoxy) is 3. The summed E-state index contributed by atoms with van der Waals surface area (Å²) in [5, 5.41) is 2.91. The van der Waals surface area contributed by atoms with Crippen molar-refractivity contribution in [3.63, 3.8) is 0 Å². The van der Waals surface area contributed by atoms with Crippen LogP contribution in [0.2, 0.25) is 0 Å². The van der Waals surface area contributed by atoms with Crippen molar-refractivity contribution in [2.24, 2.45) is 0 Å². The lowest BCUT2D eigenvalue weighted by Crippen LogP contribution is -2.46. The van der Waals surface area contributed by atoms with E-state index in [1.54, 1.807) is 6.07 Å². The van der Waals surface area contributed by atoms with Crippen LogP contribution < -0.4 is 14.8 Å². The molecule has 2 aliphatic rings. The fourth-order valence-corrected chi connectivity index (χ4v) is 5.53. The van der Waals surface area contributed by atoms with E-state index in [4.69, 9.17) is 14.2 Å². The quantitative estimate of drug-likeness (QED) is 0.563. The van der Waals surface area contributed by atoms with E-state index in [1.807, 2.05) is 0 Å². The van der Waals surface area contributed by atoms with Gasteiger partial charge in [0.1, 0.15) is 6.04 Å². The summed E-state index contributed by atoms with van der Waals surface area (Å²) in [6.45, 7) is 5.05. The number of amides is 1. The zero-order chi connectivity index (χ0) is 21.6. The van der Waals surface area contributed by atoms with E-state index in [9.17, 15) is 13.2 Å². The highest BCUT2D eigenvalue weighted by Gasteiger charge is 2.39. The summed E-state index contributed by atoms with van der Waals surface area (Å²) in [7, 11) is -0.876. The van der Waals surface area contributed by atoms with E-state index in [-0.39, 0.29) is 10.8 Å². The molecule has 1 amide bonds. The van der Waals surface area contributed by atoms with Gasteiger partial charge in [-0.15, -0.1) is 0 Å². The Bertz CT molecular complexity index is 826. The number of carbonyl (C=O) groups excluding carboxylic acids is 1.